The molecule has 1 amide bonds. The Labute approximate surface area is 103 Å². The zero-order valence-electron chi connectivity index (χ0n) is 9.43. The molecule has 0 fully saturated rings. The van der Waals surface area contributed by atoms with Gasteiger partial charge >= 0.3 is 0 Å². The number of benzene rings is 1. The van der Waals surface area contributed by atoms with E-state index in [9.17, 15) is 4.79 Å². The van der Waals surface area contributed by atoms with Crippen LogP contribution in [0.2, 0.25) is 0 Å². The van der Waals surface area contributed by atoms with Crippen LogP contribution in [0.4, 0.5) is 5.69 Å². The molecule has 0 saturated carbocycles. The van der Waals surface area contributed by atoms with Crippen LogP contribution in [0, 0.1) is 6.92 Å². The van der Waals surface area contributed by atoms with Gasteiger partial charge in [0, 0.05) is 11.1 Å². The maximum Gasteiger partial charge on any atom is 0.253 e. The number of thiazole rings is 1. The zero-order valence-corrected chi connectivity index (χ0v) is 10.3. The van der Waals surface area contributed by atoms with Gasteiger partial charge in [-0.15, -0.1) is 11.3 Å². The lowest BCUT2D eigenvalue weighted by Gasteiger charge is -2.07. The lowest BCUT2D eigenvalue weighted by molar-refractivity contribution is 0.0951. The summed E-state index contributed by atoms with van der Waals surface area (Å²) in [4.78, 5) is 16.0. The van der Waals surface area contributed by atoms with E-state index in [-0.39, 0.29) is 5.91 Å². The summed E-state index contributed by atoms with van der Waals surface area (Å²) < 4.78 is 0. The lowest BCUT2D eigenvalue weighted by atomic mass is 10.1. The Bertz CT molecular complexity index is 523. The monoisotopic (exact) mass is 247 g/mol. The Balaban J connectivity index is 2.07. The fourth-order valence-corrected chi connectivity index (χ4v) is 2.02. The van der Waals surface area contributed by atoms with E-state index in [1.165, 1.54) is 11.3 Å². The predicted molar refractivity (Wildman–Crippen MR) is 68.9 cm³/mol. The Morgan fingerprint density at radius 2 is 2.35 bits per heavy atom. The van der Waals surface area contributed by atoms with Crippen molar-refractivity contribution in [3.63, 3.8) is 0 Å². The van der Waals surface area contributed by atoms with E-state index in [4.69, 9.17) is 5.73 Å². The molecule has 0 spiro atoms. The number of nitrogens with zero attached hydrogens (tertiary/aromatic N) is 1. The molecule has 88 valence electrons. The zero-order chi connectivity index (χ0) is 12.3. The van der Waals surface area contributed by atoms with Gasteiger partial charge in [0.2, 0.25) is 0 Å². The second kappa shape index (κ2) is 4.97. The third kappa shape index (κ3) is 2.82. The number of nitrogen functional groups attached to an aromatic ring is 1. The number of nitrogens with two attached hydrogens (primary N) is 1. The molecule has 0 radical (unpaired) electrons. The van der Waals surface area contributed by atoms with Gasteiger partial charge in [0.05, 0.1) is 23.3 Å². The maximum absolute atomic E-state index is 11.9. The molecular formula is C12H13N3OS. The van der Waals surface area contributed by atoms with E-state index in [0.29, 0.717) is 17.8 Å². The first-order chi connectivity index (χ1) is 8.16. The van der Waals surface area contributed by atoms with Crippen molar-refractivity contribution in [1.82, 2.24) is 10.3 Å². The van der Waals surface area contributed by atoms with Crippen molar-refractivity contribution in [2.24, 2.45) is 0 Å². The van der Waals surface area contributed by atoms with Crippen molar-refractivity contribution in [3.05, 3.63) is 45.9 Å². The summed E-state index contributed by atoms with van der Waals surface area (Å²) in [5.74, 6) is -0.167. The molecule has 0 atom stereocenters. The molecule has 1 heterocycles. The molecule has 0 saturated heterocycles. The molecule has 2 rings (SSSR count). The minimum Gasteiger partial charge on any atom is -0.398 e. The third-order valence-electron chi connectivity index (χ3n) is 2.37. The Morgan fingerprint density at radius 1 is 1.53 bits per heavy atom. The standard InChI is InChI=1S/C12H13N3OS/c1-8-2-3-11(13)10(4-8)12(16)14-5-9-6-17-7-15-9/h2-4,6-7H,5,13H2,1H3,(H,14,16). The van der Waals surface area contributed by atoms with Crippen LogP contribution in [0.1, 0.15) is 21.6 Å². The minimum atomic E-state index is -0.167. The van der Waals surface area contributed by atoms with E-state index in [0.717, 1.165) is 11.3 Å². The number of carbonyl (C=O) groups excluding carboxylic acids is 1. The average Bonchev–Trinajstić information content (AvgIpc) is 2.82. The number of carbonyl (C=O) groups is 1. The summed E-state index contributed by atoms with van der Waals surface area (Å²) >= 11 is 1.51. The van der Waals surface area contributed by atoms with Crippen molar-refractivity contribution in [2.45, 2.75) is 13.5 Å². The third-order valence-corrected chi connectivity index (χ3v) is 3.00. The van der Waals surface area contributed by atoms with E-state index < -0.39 is 0 Å². The highest BCUT2D eigenvalue weighted by Crippen LogP contribution is 2.13. The highest BCUT2D eigenvalue weighted by atomic mass is 32.1. The second-order valence-corrected chi connectivity index (χ2v) is 4.47. The van der Waals surface area contributed by atoms with Gasteiger partial charge in [0.15, 0.2) is 0 Å². The molecule has 4 nitrogen and oxygen atoms in total. The van der Waals surface area contributed by atoms with E-state index >= 15 is 0 Å². The van der Waals surface area contributed by atoms with Gasteiger partial charge < -0.3 is 11.1 Å². The summed E-state index contributed by atoms with van der Waals surface area (Å²) in [5.41, 5.74) is 10.4. The first-order valence-corrected chi connectivity index (χ1v) is 6.12. The van der Waals surface area contributed by atoms with E-state index in [1.54, 1.807) is 17.6 Å². The molecule has 0 aliphatic rings. The summed E-state index contributed by atoms with van der Waals surface area (Å²) in [6, 6.07) is 5.41. The van der Waals surface area contributed by atoms with Crippen LogP contribution in [0.3, 0.4) is 0 Å². The number of hydrogen-bond acceptors (Lipinski definition) is 4. The molecule has 2 aromatic rings. The molecule has 5 heteroatoms. The topological polar surface area (TPSA) is 68.0 Å². The molecule has 3 N–H and O–H groups in total. The number of hydrogen-bond donors (Lipinski definition) is 2. The quantitative estimate of drug-likeness (QED) is 0.815. The molecule has 0 aliphatic heterocycles. The fraction of sp³-hybridized carbons (Fsp3) is 0.167. The average molecular weight is 247 g/mol. The molecule has 0 bridgehead atoms. The first kappa shape index (κ1) is 11.6. The summed E-state index contributed by atoms with van der Waals surface area (Å²) in [6.07, 6.45) is 0. The SMILES string of the molecule is Cc1ccc(N)c(C(=O)NCc2cscn2)c1. The van der Waals surface area contributed by atoms with Crippen LogP contribution in [-0.2, 0) is 6.54 Å². The molecule has 1 aromatic heterocycles. The van der Waals surface area contributed by atoms with Crippen LogP contribution in [0.5, 0.6) is 0 Å². The first-order valence-electron chi connectivity index (χ1n) is 5.18. The number of anilines is 1. The molecular weight excluding hydrogens is 234 g/mol. The van der Waals surface area contributed by atoms with Gasteiger partial charge in [-0.05, 0) is 19.1 Å². The van der Waals surface area contributed by atoms with Crippen molar-refractivity contribution in [3.8, 4) is 0 Å². The number of aromatic nitrogens is 1. The van der Waals surface area contributed by atoms with Gasteiger partial charge in [-0.25, -0.2) is 4.98 Å². The Kier molecular flexibility index (Phi) is 3.39. The van der Waals surface area contributed by atoms with E-state index in [1.807, 2.05) is 18.4 Å². The normalized spacial score (nSPS) is 10.2. The van der Waals surface area contributed by atoms with Crippen LogP contribution in [0.25, 0.3) is 0 Å². The molecule has 17 heavy (non-hydrogen) atoms. The Hall–Kier alpha value is -1.88. The predicted octanol–water partition coefficient (Wildman–Crippen LogP) is 1.96. The van der Waals surface area contributed by atoms with Gasteiger partial charge in [-0.2, -0.15) is 0 Å². The molecule has 0 unspecified atom stereocenters. The lowest BCUT2D eigenvalue weighted by Crippen LogP contribution is -2.24. The number of aryl methyl sites for hydroxylation is 1. The van der Waals surface area contributed by atoms with Gasteiger partial charge in [-0.3, -0.25) is 4.79 Å². The summed E-state index contributed by atoms with van der Waals surface area (Å²) in [5, 5.41) is 4.70. The maximum atomic E-state index is 11.9. The number of nitrogens with one attached hydrogen (secondary N) is 1. The van der Waals surface area contributed by atoms with Crippen LogP contribution >= 0.6 is 11.3 Å². The van der Waals surface area contributed by atoms with Crippen LogP contribution in [0.15, 0.2) is 29.1 Å². The van der Waals surface area contributed by atoms with E-state index in [2.05, 4.69) is 10.3 Å². The van der Waals surface area contributed by atoms with Crippen molar-refractivity contribution in [1.29, 1.82) is 0 Å². The highest BCUT2D eigenvalue weighted by Gasteiger charge is 2.09. The van der Waals surface area contributed by atoms with Gasteiger partial charge in [0.1, 0.15) is 0 Å². The Morgan fingerprint density at radius 3 is 3.06 bits per heavy atom. The minimum absolute atomic E-state index is 0.167. The van der Waals surface area contributed by atoms with Gasteiger partial charge in [0.25, 0.3) is 5.91 Å². The van der Waals surface area contributed by atoms with Gasteiger partial charge in [-0.1, -0.05) is 11.6 Å². The van der Waals surface area contributed by atoms with Crippen molar-refractivity contribution >= 4 is 22.9 Å². The second-order valence-electron chi connectivity index (χ2n) is 3.75. The highest BCUT2D eigenvalue weighted by molar-refractivity contribution is 7.07. The largest absolute Gasteiger partial charge is 0.398 e. The smallest absolute Gasteiger partial charge is 0.253 e. The molecule has 0 aliphatic carbocycles. The number of rotatable bonds is 3. The fourth-order valence-electron chi connectivity index (χ4n) is 1.46. The number of amides is 1. The van der Waals surface area contributed by atoms with Crippen LogP contribution in [-0.4, -0.2) is 10.9 Å². The van der Waals surface area contributed by atoms with Crippen LogP contribution < -0.4 is 11.1 Å². The van der Waals surface area contributed by atoms with Crippen molar-refractivity contribution < 1.29 is 4.79 Å². The summed E-state index contributed by atoms with van der Waals surface area (Å²) in [6.45, 7) is 2.35. The summed E-state index contributed by atoms with van der Waals surface area (Å²) in [7, 11) is 0. The molecule has 1 aromatic carbocycles. The van der Waals surface area contributed by atoms with Crippen molar-refractivity contribution in [2.75, 3.05) is 5.73 Å².